The third-order valence-electron chi connectivity index (χ3n) is 4.04. The van der Waals surface area contributed by atoms with Gasteiger partial charge >= 0.3 is 0 Å². The summed E-state index contributed by atoms with van der Waals surface area (Å²) >= 11 is 0. The lowest BCUT2D eigenvalue weighted by Gasteiger charge is -2.35. The molecule has 0 N–H and O–H groups in total. The number of rotatable bonds is 5. The van der Waals surface area contributed by atoms with Gasteiger partial charge in [-0.15, -0.1) is 0 Å². The van der Waals surface area contributed by atoms with Gasteiger partial charge in [-0.3, -0.25) is 9.69 Å². The zero-order valence-corrected chi connectivity index (χ0v) is 14.3. The van der Waals surface area contributed by atoms with Gasteiger partial charge in [-0.25, -0.2) is 0 Å². The summed E-state index contributed by atoms with van der Waals surface area (Å²) in [7, 11) is 4.64. The smallest absolute Gasteiger partial charge is 0.286 e. The summed E-state index contributed by atoms with van der Waals surface area (Å²) in [6, 6.07) is 10.5. The van der Waals surface area contributed by atoms with E-state index in [1.54, 1.807) is 0 Å². The summed E-state index contributed by atoms with van der Waals surface area (Å²) in [5, 5.41) is 0. The zero-order valence-electron chi connectivity index (χ0n) is 12.6. The molecule has 1 aromatic carbocycles. The Balaban J connectivity index is 1.46. The average Bonchev–Trinajstić information content (AvgIpc) is 3.00. The normalized spacial score (nSPS) is 16.0. The number of aromatic nitrogens is 1. The van der Waals surface area contributed by atoms with Crippen LogP contribution in [0, 0.1) is 0 Å². The van der Waals surface area contributed by atoms with Gasteiger partial charge in [0.2, 0.25) is 5.82 Å². The fraction of sp³-hybridized carbons (Fsp3) is 0.467. The molecule has 0 radical (unpaired) electrons. The first kappa shape index (κ1) is 15.5. The molecular weight excluding hydrogens is 316 g/mol. The van der Waals surface area contributed by atoms with E-state index in [4.69, 9.17) is 0 Å². The van der Waals surface area contributed by atoms with Crippen molar-refractivity contribution < 1.29 is 0 Å². The molecule has 118 valence electrons. The van der Waals surface area contributed by atoms with Crippen LogP contribution in [0.15, 0.2) is 35.1 Å². The van der Waals surface area contributed by atoms with Gasteiger partial charge in [-0.2, -0.15) is 4.37 Å². The molecule has 5 nitrogen and oxygen atoms in total. The van der Waals surface area contributed by atoms with E-state index in [1.807, 2.05) is 6.07 Å². The van der Waals surface area contributed by atoms with Crippen molar-refractivity contribution in [3.63, 3.8) is 0 Å². The van der Waals surface area contributed by atoms with Gasteiger partial charge in [-0.05, 0) is 22.5 Å². The molecule has 0 atom stereocenters. The predicted octanol–water partition coefficient (Wildman–Crippen LogP) is 1.82. The number of nitrogens with zero attached hydrogens (tertiary/aromatic N) is 4. The van der Waals surface area contributed by atoms with Crippen molar-refractivity contribution in [3.8, 4) is 0 Å². The minimum atomic E-state index is 0.0993. The molecule has 2 aromatic rings. The number of hydrogen-bond acceptors (Lipinski definition) is 7. The molecule has 22 heavy (non-hydrogen) atoms. The van der Waals surface area contributed by atoms with Crippen LogP contribution in [0.25, 0.3) is 0 Å². The molecule has 0 saturated carbocycles. The van der Waals surface area contributed by atoms with E-state index in [2.05, 4.69) is 50.4 Å². The minimum Gasteiger partial charge on any atom is -0.373 e. The lowest BCUT2D eigenvalue weighted by molar-refractivity contribution is 0.263. The molecule has 0 aliphatic carbocycles. The van der Waals surface area contributed by atoms with Gasteiger partial charge in [0.1, 0.15) is 0 Å². The van der Waals surface area contributed by atoms with Crippen molar-refractivity contribution in [2.24, 2.45) is 0 Å². The number of piperazine rings is 1. The van der Waals surface area contributed by atoms with Crippen LogP contribution in [0.1, 0.15) is 0 Å². The van der Waals surface area contributed by atoms with Gasteiger partial charge in [-0.1, -0.05) is 18.2 Å². The lowest BCUT2D eigenvalue weighted by atomic mass is 10.3. The Morgan fingerprint density at radius 2 is 1.91 bits per heavy atom. The van der Waals surface area contributed by atoms with Crippen LogP contribution in [0.4, 0.5) is 11.5 Å². The minimum absolute atomic E-state index is 0.0993. The van der Waals surface area contributed by atoms with Gasteiger partial charge < -0.3 is 9.80 Å². The first-order valence-corrected chi connectivity index (χ1v) is 9.54. The van der Waals surface area contributed by atoms with Crippen LogP contribution in [-0.2, 0) is 0 Å². The summed E-state index contributed by atoms with van der Waals surface area (Å²) < 4.78 is 4.32. The molecule has 1 aromatic heterocycles. The highest BCUT2D eigenvalue weighted by Crippen LogP contribution is 2.14. The third kappa shape index (κ3) is 3.66. The van der Waals surface area contributed by atoms with E-state index in [9.17, 15) is 4.79 Å². The summed E-state index contributed by atoms with van der Waals surface area (Å²) in [6.07, 6.45) is 0. The Bertz CT molecular complexity index is 634. The van der Waals surface area contributed by atoms with Crippen molar-refractivity contribution in [1.29, 1.82) is 0 Å². The summed E-state index contributed by atoms with van der Waals surface area (Å²) in [6.45, 7) is 5.81. The Kier molecular flexibility index (Phi) is 5.07. The molecule has 1 fully saturated rings. The highest BCUT2D eigenvalue weighted by atomic mass is 32.9. The largest absolute Gasteiger partial charge is 0.373 e. The number of anilines is 2. The Morgan fingerprint density at radius 1 is 1.18 bits per heavy atom. The molecule has 0 spiro atoms. The number of hydrogen-bond donors (Lipinski definition) is 0. The number of benzene rings is 1. The molecule has 0 bridgehead atoms. The molecule has 3 rings (SSSR count). The van der Waals surface area contributed by atoms with Crippen LogP contribution in [0.2, 0.25) is 0 Å². The summed E-state index contributed by atoms with van der Waals surface area (Å²) in [5.74, 6) is 0.649. The Labute approximate surface area is 138 Å². The highest BCUT2D eigenvalue weighted by molar-refractivity contribution is 7.66. The Morgan fingerprint density at radius 3 is 2.55 bits per heavy atom. The van der Waals surface area contributed by atoms with Crippen LogP contribution >= 0.6 is 20.9 Å². The van der Waals surface area contributed by atoms with E-state index < -0.39 is 0 Å². The van der Waals surface area contributed by atoms with Crippen molar-refractivity contribution in [2.75, 3.05) is 56.1 Å². The standard InChI is InChI=1S/C15H20N4OS2/c1-17(13-5-3-2-4-6-13)7-8-18-9-11-19(12-10-18)14-15(20)21-22-16-14/h2-6H,7-12H2,1H3. The van der Waals surface area contributed by atoms with Crippen LogP contribution < -0.4 is 14.5 Å². The first-order chi connectivity index (χ1) is 10.7. The van der Waals surface area contributed by atoms with Crippen molar-refractivity contribution in [3.05, 3.63) is 39.9 Å². The van der Waals surface area contributed by atoms with Crippen LogP contribution in [0.5, 0.6) is 0 Å². The maximum atomic E-state index is 11.7. The number of likely N-dealkylation sites (N-methyl/N-ethyl adjacent to an activating group) is 1. The highest BCUT2D eigenvalue weighted by Gasteiger charge is 2.20. The number of para-hydroxylation sites is 1. The molecule has 1 aliphatic heterocycles. The van der Waals surface area contributed by atoms with E-state index in [0.29, 0.717) is 5.82 Å². The maximum Gasteiger partial charge on any atom is 0.286 e. The first-order valence-electron chi connectivity index (χ1n) is 7.43. The quantitative estimate of drug-likeness (QED) is 0.779. The molecule has 7 heteroatoms. The molecule has 1 saturated heterocycles. The van der Waals surface area contributed by atoms with Crippen molar-refractivity contribution in [1.82, 2.24) is 9.27 Å². The van der Waals surface area contributed by atoms with Crippen LogP contribution in [0.3, 0.4) is 0 Å². The second-order valence-electron chi connectivity index (χ2n) is 5.45. The fourth-order valence-corrected chi connectivity index (χ4v) is 4.07. The van der Waals surface area contributed by atoms with Gasteiger partial charge in [0.25, 0.3) is 4.74 Å². The lowest BCUT2D eigenvalue weighted by Crippen LogP contribution is -2.49. The average molecular weight is 336 g/mol. The monoisotopic (exact) mass is 336 g/mol. The van der Waals surface area contributed by atoms with Crippen molar-refractivity contribution in [2.45, 2.75) is 0 Å². The third-order valence-corrected chi connectivity index (χ3v) is 5.60. The SMILES string of the molecule is CN(CCN1CCN(c2nssc2=O)CC1)c1ccccc1. The van der Waals surface area contributed by atoms with Crippen LogP contribution in [-0.4, -0.2) is 55.6 Å². The summed E-state index contributed by atoms with van der Waals surface area (Å²) in [5.41, 5.74) is 1.25. The fourth-order valence-electron chi connectivity index (χ4n) is 2.64. The molecule has 2 heterocycles. The predicted molar refractivity (Wildman–Crippen MR) is 94.6 cm³/mol. The summed E-state index contributed by atoms with van der Waals surface area (Å²) in [4.78, 5) is 18.5. The van der Waals surface area contributed by atoms with Gasteiger partial charge in [0.15, 0.2) is 0 Å². The van der Waals surface area contributed by atoms with Gasteiger partial charge in [0.05, 0.1) is 0 Å². The van der Waals surface area contributed by atoms with E-state index >= 15 is 0 Å². The second kappa shape index (κ2) is 7.21. The van der Waals surface area contributed by atoms with E-state index in [-0.39, 0.29) is 4.74 Å². The Hall–Kier alpha value is -1.44. The molecule has 0 amide bonds. The molecule has 0 unspecified atom stereocenters. The van der Waals surface area contributed by atoms with Gasteiger partial charge in [0, 0.05) is 62.5 Å². The molecule has 1 aliphatic rings. The zero-order chi connectivity index (χ0) is 15.4. The topological polar surface area (TPSA) is 39.7 Å². The van der Waals surface area contributed by atoms with E-state index in [1.165, 1.54) is 26.6 Å². The maximum absolute atomic E-state index is 11.7. The second-order valence-corrected chi connectivity index (χ2v) is 7.26. The van der Waals surface area contributed by atoms with E-state index in [0.717, 1.165) is 39.3 Å². The molecular formula is C15H20N4OS2. The van der Waals surface area contributed by atoms with Crippen molar-refractivity contribution >= 4 is 32.4 Å².